The number of hydrogen-bond acceptors (Lipinski definition) is 2. The molecule has 2 heterocycles. The summed E-state index contributed by atoms with van der Waals surface area (Å²) in [6, 6.07) is 4.79. The highest BCUT2D eigenvalue weighted by Gasteiger charge is 2.23. The highest BCUT2D eigenvalue weighted by atomic mass is 15.1. The first-order valence-electron chi connectivity index (χ1n) is 8.67. The number of benzene rings is 1. The molecule has 1 aromatic rings. The number of fused-ring (bicyclic) bond motifs is 1. The first kappa shape index (κ1) is 14.9. The van der Waals surface area contributed by atoms with Gasteiger partial charge in [0.1, 0.15) is 0 Å². The summed E-state index contributed by atoms with van der Waals surface area (Å²) in [6.07, 6.45) is 6.70. The summed E-state index contributed by atoms with van der Waals surface area (Å²) in [5.74, 6) is 0.882. The molecule has 0 amide bonds. The van der Waals surface area contributed by atoms with Gasteiger partial charge in [-0.15, -0.1) is 0 Å². The third-order valence-corrected chi connectivity index (χ3v) is 5.28. The zero-order valence-electron chi connectivity index (χ0n) is 14.0. The summed E-state index contributed by atoms with van der Waals surface area (Å²) < 4.78 is 0. The smallest absolute Gasteiger partial charge is 0.0428 e. The molecule has 1 fully saturated rings. The Kier molecular flexibility index (Phi) is 4.54. The molecule has 2 aliphatic rings. The maximum absolute atomic E-state index is 2.72. The molecule has 0 radical (unpaired) electrons. The third-order valence-electron chi connectivity index (χ3n) is 5.28. The average Bonchev–Trinajstić information content (AvgIpc) is 2.64. The van der Waals surface area contributed by atoms with Crippen molar-refractivity contribution in [2.45, 2.75) is 46.0 Å². The number of piperidine rings is 1. The van der Waals surface area contributed by atoms with E-state index in [0.29, 0.717) is 0 Å². The molecular weight excluding hydrogens is 256 g/mol. The van der Waals surface area contributed by atoms with Crippen molar-refractivity contribution in [3.63, 3.8) is 0 Å². The minimum atomic E-state index is 0.882. The van der Waals surface area contributed by atoms with Gasteiger partial charge in [0, 0.05) is 18.8 Å². The lowest BCUT2D eigenvalue weighted by Crippen LogP contribution is -2.37. The second-order valence-electron chi connectivity index (χ2n) is 7.24. The zero-order valence-corrected chi connectivity index (χ0v) is 14.0. The predicted octanol–water partition coefficient (Wildman–Crippen LogP) is 3.79. The maximum atomic E-state index is 2.72. The van der Waals surface area contributed by atoms with Crippen LogP contribution < -0.4 is 4.90 Å². The molecule has 0 atom stereocenters. The van der Waals surface area contributed by atoms with Gasteiger partial charge < -0.3 is 9.80 Å². The van der Waals surface area contributed by atoms with E-state index in [4.69, 9.17) is 0 Å². The first-order valence-corrected chi connectivity index (χ1v) is 8.67. The second kappa shape index (κ2) is 6.39. The Hall–Kier alpha value is -1.02. The lowest BCUT2D eigenvalue weighted by Gasteiger charge is -2.35. The summed E-state index contributed by atoms with van der Waals surface area (Å²) in [5.41, 5.74) is 6.07. The van der Waals surface area contributed by atoms with E-state index in [1.165, 1.54) is 69.4 Å². The molecule has 2 nitrogen and oxygen atoms in total. The Morgan fingerprint density at radius 1 is 1.05 bits per heavy atom. The van der Waals surface area contributed by atoms with Crippen LogP contribution in [0, 0.1) is 19.8 Å². The minimum Gasteiger partial charge on any atom is -0.371 e. The van der Waals surface area contributed by atoms with Crippen LogP contribution >= 0.6 is 0 Å². The van der Waals surface area contributed by atoms with Crippen LogP contribution in [-0.2, 0) is 6.42 Å². The fourth-order valence-electron chi connectivity index (χ4n) is 4.16. The van der Waals surface area contributed by atoms with Crippen molar-refractivity contribution in [3.8, 4) is 0 Å². The molecule has 21 heavy (non-hydrogen) atoms. The molecule has 0 spiro atoms. The summed E-state index contributed by atoms with van der Waals surface area (Å²) in [4.78, 5) is 5.19. The van der Waals surface area contributed by atoms with Gasteiger partial charge in [-0.1, -0.05) is 17.7 Å². The van der Waals surface area contributed by atoms with Gasteiger partial charge in [-0.2, -0.15) is 0 Å². The van der Waals surface area contributed by atoms with Gasteiger partial charge in [0.2, 0.25) is 0 Å². The highest BCUT2D eigenvalue weighted by molar-refractivity contribution is 5.61. The molecule has 3 rings (SSSR count). The normalized spacial score (nSPS) is 21.2. The summed E-state index contributed by atoms with van der Waals surface area (Å²) in [6.45, 7) is 9.61. The fourth-order valence-corrected chi connectivity index (χ4v) is 4.16. The van der Waals surface area contributed by atoms with Crippen LogP contribution in [-0.4, -0.2) is 38.1 Å². The minimum absolute atomic E-state index is 0.882. The molecular formula is C19H30N2. The Labute approximate surface area is 130 Å². The standard InChI is InChI=1S/C19H30N2/c1-15-12-16(2)19-18(13-15)6-4-5-9-21(19)14-17-7-10-20(3)11-8-17/h12-13,17H,4-11,14H2,1-3H3. The van der Waals surface area contributed by atoms with Crippen LogP contribution in [0.25, 0.3) is 0 Å². The number of nitrogens with zero attached hydrogens (tertiary/aromatic N) is 2. The van der Waals surface area contributed by atoms with Crippen molar-refractivity contribution in [3.05, 3.63) is 28.8 Å². The van der Waals surface area contributed by atoms with Crippen molar-refractivity contribution in [2.75, 3.05) is 38.1 Å². The number of anilines is 1. The molecule has 1 saturated heterocycles. The van der Waals surface area contributed by atoms with Crippen LogP contribution in [0.15, 0.2) is 12.1 Å². The first-order chi connectivity index (χ1) is 10.1. The van der Waals surface area contributed by atoms with E-state index < -0.39 is 0 Å². The molecule has 0 aromatic heterocycles. The Morgan fingerprint density at radius 3 is 2.57 bits per heavy atom. The fraction of sp³-hybridized carbons (Fsp3) is 0.684. The number of likely N-dealkylation sites (tertiary alicyclic amines) is 1. The lowest BCUT2D eigenvalue weighted by atomic mass is 9.95. The Balaban J connectivity index is 1.80. The van der Waals surface area contributed by atoms with Crippen LogP contribution in [0.5, 0.6) is 0 Å². The Bertz CT molecular complexity index is 487. The number of rotatable bonds is 2. The molecule has 0 aliphatic carbocycles. The van der Waals surface area contributed by atoms with Gasteiger partial charge in [-0.05, 0) is 83.1 Å². The molecule has 116 valence electrons. The molecule has 0 unspecified atom stereocenters. The van der Waals surface area contributed by atoms with Gasteiger partial charge in [0.25, 0.3) is 0 Å². The van der Waals surface area contributed by atoms with E-state index >= 15 is 0 Å². The SMILES string of the molecule is Cc1cc(C)c2c(c1)CCCCN2CC1CCN(C)CC1. The van der Waals surface area contributed by atoms with Crippen LogP contribution in [0.3, 0.4) is 0 Å². The molecule has 0 N–H and O–H groups in total. The maximum Gasteiger partial charge on any atom is 0.0428 e. The molecule has 0 saturated carbocycles. The lowest BCUT2D eigenvalue weighted by molar-refractivity contribution is 0.221. The van der Waals surface area contributed by atoms with Gasteiger partial charge in [0.05, 0.1) is 0 Å². The molecule has 0 bridgehead atoms. The van der Waals surface area contributed by atoms with Crippen LogP contribution in [0.2, 0.25) is 0 Å². The van der Waals surface area contributed by atoms with Gasteiger partial charge in [0.15, 0.2) is 0 Å². The zero-order chi connectivity index (χ0) is 14.8. The van der Waals surface area contributed by atoms with E-state index in [1.807, 2.05) is 0 Å². The van der Waals surface area contributed by atoms with Crippen molar-refractivity contribution < 1.29 is 0 Å². The summed E-state index contributed by atoms with van der Waals surface area (Å²) >= 11 is 0. The van der Waals surface area contributed by atoms with Crippen molar-refractivity contribution in [1.29, 1.82) is 0 Å². The number of hydrogen-bond donors (Lipinski definition) is 0. The van der Waals surface area contributed by atoms with Crippen molar-refractivity contribution >= 4 is 5.69 Å². The van der Waals surface area contributed by atoms with E-state index in [2.05, 4.69) is 42.8 Å². The van der Waals surface area contributed by atoms with Gasteiger partial charge in [-0.25, -0.2) is 0 Å². The second-order valence-corrected chi connectivity index (χ2v) is 7.24. The largest absolute Gasteiger partial charge is 0.371 e. The van der Waals surface area contributed by atoms with E-state index in [0.717, 1.165) is 5.92 Å². The highest BCUT2D eigenvalue weighted by Crippen LogP contribution is 2.32. The van der Waals surface area contributed by atoms with E-state index in [-0.39, 0.29) is 0 Å². The predicted molar refractivity (Wildman–Crippen MR) is 91.3 cm³/mol. The quantitative estimate of drug-likeness (QED) is 0.816. The van der Waals surface area contributed by atoms with Crippen molar-refractivity contribution in [1.82, 2.24) is 4.90 Å². The molecule has 2 aliphatic heterocycles. The van der Waals surface area contributed by atoms with E-state index in [9.17, 15) is 0 Å². The molecule has 2 heteroatoms. The third kappa shape index (κ3) is 3.42. The average molecular weight is 286 g/mol. The molecule has 1 aromatic carbocycles. The Morgan fingerprint density at radius 2 is 1.81 bits per heavy atom. The van der Waals surface area contributed by atoms with Gasteiger partial charge >= 0.3 is 0 Å². The summed E-state index contributed by atoms with van der Waals surface area (Å²) in [7, 11) is 2.25. The van der Waals surface area contributed by atoms with Crippen LogP contribution in [0.4, 0.5) is 5.69 Å². The van der Waals surface area contributed by atoms with Crippen molar-refractivity contribution in [2.24, 2.45) is 5.92 Å². The van der Waals surface area contributed by atoms with Crippen LogP contribution in [0.1, 0.15) is 42.4 Å². The number of aryl methyl sites for hydroxylation is 3. The van der Waals surface area contributed by atoms with Gasteiger partial charge in [-0.3, -0.25) is 0 Å². The summed E-state index contributed by atoms with van der Waals surface area (Å²) in [5, 5.41) is 0. The monoisotopic (exact) mass is 286 g/mol. The topological polar surface area (TPSA) is 6.48 Å². The van der Waals surface area contributed by atoms with E-state index in [1.54, 1.807) is 11.3 Å².